The first kappa shape index (κ1) is 15.2. The summed E-state index contributed by atoms with van der Waals surface area (Å²) in [5, 5.41) is 4.22. The van der Waals surface area contributed by atoms with Crippen LogP contribution >= 0.6 is 0 Å². The van der Waals surface area contributed by atoms with Crippen LogP contribution in [0.1, 0.15) is 26.8 Å². The molecule has 0 radical (unpaired) electrons. The van der Waals surface area contributed by atoms with Crippen LogP contribution in [0.2, 0.25) is 0 Å². The summed E-state index contributed by atoms with van der Waals surface area (Å²) in [5.74, 6) is 2.25. The van der Waals surface area contributed by atoms with E-state index in [0.29, 0.717) is 25.9 Å². The summed E-state index contributed by atoms with van der Waals surface area (Å²) in [6.45, 7) is 7.63. The third-order valence-electron chi connectivity index (χ3n) is 2.87. The summed E-state index contributed by atoms with van der Waals surface area (Å²) in [4.78, 5) is 0. The monoisotopic (exact) mass is 290 g/mol. The van der Waals surface area contributed by atoms with Crippen LogP contribution in [0.4, 0.5) is 0 Å². The van der Waals surface area contributed by atoms with E-state index in [9.17, 15) is 0 Å². The number of benzene rings is 1. The van der Waals surface area contributed by atoms with Crippen molar-refractivity contribution >= 4 is 0 Å². The Balaban J connectivity index is 1.79. The van der Waals surface area contributed by atoms with Crippen LogP contribution in [0.25, 0.3) is 0 Å². The molecule has 0 unspecified atom stereocenters. The van der Waals surface area contributed by atoms with Crippen molar-refractivity contribution in [2.75, 3.05) is 19.8 Å². The van der Waals surface area contributed by atoms with Crippen molar-refractivity contribution in [2.45, 2.75) is 26.8 Å². The van der Waals surface area contributed by atoms with Crippen LogP contribution in [0.15, 0.2) is 36.7 Å². The molecule has 0 spiro atoms. The minimum absolute atomic E-state index is 0.330. The molecule has 0 aliphatic carbocycles. The van der Waals surface area contributed by atoms with Gasteiger partial charge in [-0.1, -0.05) is 12.1 Å². The number of rotatable bonds is 8. The van der Waals surface area contributed by atoms with Crippen molar-refractivity contribution < 1.29 is 14.2 Å². The van der Waals surface area contributed by atoms with E-state index in [0.717, 1.165) is 17.2 Å². The molecule has 114 valence electrons. The van der Waals surface area contributed by atoms with E-state index in [-0.39, 0.29) is 0 Å². The van der Waals surface area contributed by atoms with Gasteiger partial charge in [0.1, 0.15) is 13.2 Å². The van der Waals surface area contributed by atoms with E-state index in [4.69, 9.17) is 14.2 Å². The Morgan fingerprint density at radius 3 is 2.33 bits per heavy atom. The number of nitrogens with zero attached hydrogens (tertiary/aromatic N) is 2. The molecule has 1 aromatic heterocycles. The molecule has 2 aromatic rings. The molecule has 0 bridgehead atoms. The molecule has 0 amide bonds. The van der Waals surface area contributed by atoms with Crippen molar-refractivity contribution in [3.8, 4) is 17.2 Å². The maximum atomic E-state index is 5.69. The normalized spacial score (nSPS) is 10.7. The van der Waals surface area contributed by atoms with Gasteiger partial charge >= 0.3 is 0 Å². The van der Waals surface area contributed by atoms with E-state index in [1.54, 1.807) is 6.20 Å². The van der Waals surface area contributed by atoms with Crippen LogP contribution in [0.5, 0.6) is 17.2 Å². The number of ether oxygens (including phenoxy) is 3. The third-order valence-corrected chi connectivity index (χ3v) is 2.87. The van der Waals surface area contributed by atoms with E-state index < -0.39 is 0 Å². The minimum atomic E-state index is 0.330. The summed E-state index contributed by atoms with van der Waals surface area (Å²) in [6, 6.07) is 7.96. The Morgan fingerprint density at radius 2 is 1.71 bits per heavy atom. The highest BCUT2D eigenvalue weighted by atomic mass is 16.5. The number of hydrogen-bond donors (Lipinski definition) is 0. The summed E-state index contributed by atoms with van der Waals surface area (Å²) < 4.78 is 18.7. The molecule has 0 atom stereocenters. The Kier molecular flexibility index (Phi) is 5.49. The van der Waals surface area contributed by atoms with Crippen molar-refractivity contribution in [1.29, 1.82) is 0 Å². The fourth-order valence-electron chi connectivity index (χ4n) is 1.83. The molecule has 0 fully saturated rings. The smallest absolute Gasteiger partial charge is 0.161 e. The van der Waals surface area contributed by atoms with Crippen molar-refractivity contribution in [3.63, 3.8) is 0 Å². The third kappa shape index (κ3) is 4.41. The molecule has 0 saturated heterocycles. The summed E-state index contributed by atoms with van der Waals surface area (Å²) >= 11 is 0. The van der Waals surface area contributed by atoms with Crippen LogP contribution < -0.4 is 14.2 Å². The number of hydrogen-bond acceptors (Lipinski definition) is 4. The Morgan fingerprint density at radius 1 is 1.05 bits per heavy atom. The van der Waals surface area contributed by atoms with Gasteiger partial charge in [0.2, 0.25) is 0 Å². The molecule has 5 heteroatoms. The lowest BCUT2D eigenvalue weighted by Gasteiger charge is -2.11. The van der Waals surface area contributed by atoms with Crippen molar-refractivity contribution in [1.82, 2.24) is 9.78 Å². The summed E-state index contributed by atoms with van der Waals surface area (Å²) in [5.41, 5.74) is 0. The van der Waals surface area contributed by atoms with Crippen LogP contribution in [0.3, 0.4) is 0 Å². The van der Waals surface area contributed by atoms with Gasteiger partial charge in [-0.3, -0.25) is 4.68 Å². The molecule has 0 aliphatic rings. The van der Waals surface area contributed by atoms with Crippen LogP contribution in [-0.4, -0.2) is 29.6 Å². The molecule has 0 aliphatic heterocycles. The molecule has 0 saturated carbocycles. The van der Waals surface area contributed by atoms with E-state index in [2.05, 4.69) is 18.9 Å². The maximum Gasteiger partial charge on any atom is 0.161 e. The average Bonchev–Trinajstić information content (AvgIpc) is 2.94. The van der Waals surface area contributed by atoms with Gasteiger partial charge in [0.15, 0.2) is 17.2 Å². The summed E-state index contributed by atoms with van der Waals surface area (Å²) in [6.07, 6.45) is 3.60. The molecule has 1 heterocycles. The molecular formula is C16H22N2O3. The topological polar surface area (TPSA) is 45.5 Å². The predicted octanol–water partition coefficient (Wildman–Crippen LogP) is 3.32. The standard InChI is InChI=1S/C16H22N2O3/c1-4-19-15-7-5-6-8-16(15)21-10-9-20-14-11-17-18(12-14)13(2)3/h5-8,11-13H,4,9-10H2,1-3H3. The highest BCUT2D eigenvalue weighted by molar-refractivity contribution is 5.39. The highest BCUT2D eigenvalue weighted by Crippen LogP contribution is 2.26. The number of aromatic nitrogens is 2. The van der Waals surface area contributed by atoms with Gasteiger partial charge in [-0.2, -0.15) is 5.10 Å². The first-order valence-electron chi connectivity index (χ1n) is 7.22. The SMILES string of the molecule is CCOc1ccccc1OCCOc1cnn(C(C)C)c1. The molecule has 0 N–H and O–H groups in total. The lowest BCUT2D eigenvalue weighted by molar-refractivity contribution is 0.208. The van der Waals surface area contributed by atoms with Crippen LogP contribution in [0, 0.1) is 0 Å². The molecule has 5 nitrogen and oxygen atoms in total. The number of para-hydroxylation sites is 2. The lowest BCUT2D eigenvalue weighted by atomic mass is 10.3. The van der Waals surface area contributed by atoms with Crippen molar-refractivity contribution in [2.24, 2.45) is 0 Å². The second kappa shape index (κ2) is 7.57. The van der Waals surface area contributed by atoms with Gasteiger partial charge in [-0.15, -0.1) is 0 Å². The largest absolute Gasteiger partial charge is 0.490 e. The zero-order valence-corrected chi connectivity index (χ0v) is 12.8. The van der Waals surface area contributed by atoms with Crippen molar-refractivity contribution in [3.05, 3.63) is 36.7 Å². The average molecular weight is 290 g/mol. The molecule has 21 heavy (non-hydrogen) atoms. The second-order valence-electron chi connectivity index (χ2n) is 4.83. The predicted molar refractivity (Wildman–Crippen MR) is 81.2 cm³/mol. The Bertz CT molecular complexity index is 552. The van der Waals surface area contributed by atoms with E-state index in [1.807, 2.05) is 42.1 Å². The maximum absolute atomic E-state index is 5.69. The highest BCUT2D eigenvalue weighted by Gasteiger charge is 2.05. The van der Waals surface area contributed by atoms with Gasteiger partial charge in [0, 0.05) is 6.04 Å². The van der Waals surface area contributed by atoms with Gasteiger partial charge in [-0.05, 0) is 32.9 Å². The van der Waals surface area contributed by atoms with E-state index >= 15 is 0 Å². The van der Waals surface area contributed by atoms with Gasteiger partial charge in [0.05, 0.1) is 19.0 Å². The minimum Gasteiger partial charge on any atom is -0.490 e. The molecule has 1 aromatic carbocycles. The quantitative estimate of drug-likeness (QED) is 0.700. The van der Waals surface area contributed by atoms with Gasteiger partial charge in [-0.25, -0.2) is 0 Å². The first-order valence-corrected chi connectivity index (χ1v) is 7.22. The summed E-state index contributed by atoms with van der Waals surface area (Å²) in [7, 11) is 0. The van der Waals surface area contributed by atoms with Crippen LogP contribution in [-0.2, 0) is 0 Å². The van der Waals surface area contributed by atoms with E-state index in [1.165, 1.54) is 0 Å². The molecule has 2 rings (SSSR count). The first-order chi connectivity index (χ1) is 10.2. The second-order valence-corrected chi connectivity index (χ2v) is 4.83. The Hall–Kier alpha value is -2.17. The van der Waals surface area contributed by atoms with Gasteiger partial charge < -0.3 is 14.2 Å². The fraction of sp³-hybridized carbons (Fsp3) is 0.438. The fourth-order valence-corrected chi connectivity index (χ4v) is 1.83. The zero-order valence-electron chi connectivity index (χ0n) is 12.8. The lowest BCUT2D eigenvalue weighted by Crippen LogP contribution is -2.09. The van der Waals surface area contributed by atoms with Gasteiger partial charge in [0.25, 0.3) is 0 Å². The Labute approximate surface area is 125 Å². The zero-order chi connectivity index (χ0) is 15.1. The molecular weight excluding hydrogens is 268 g/mol.